The van der Waals surface area contributed by atoms with Crippen molar-refractivity contribution in [2.24, 2.45) is 52.9 Å². The standard InChI is InChI=1S/C21H30O4.C16H21NO3.C16H20O4.C15H21NO2/c1-21(2,3)25-20(23)14-18-11-7-10-17(12-18)13-19(22)24-15-16-8-5-4-6-9-16;17-16(19)14-8-4-7-13(9-14)10-15(18)20-11-12-5-2-1-3-6-12;17-15(20-11-12-5-2-1-3-6-12)10-13-7-4-8-14(9-13)16(18)19;16-14-8-4-7-13(9-14)10-15(17)18-11-12-5-2-1-3-6-12/h4-6,8-9,17-18H,7,10-15H2,1-3H3;1-3,5-6,13-14H,4,7-11H2,(H2,17,19);1-3,5-6,13-14H,4,7-11H2,(H,18,19);1-3,5-6,13-14H,4,7-11,16H2/t17-,18+;3*13-,14+/m0000/s1. The van der Waals surface area contributed by atoms with Gasteiger partial charge >= 0.3 is 35.8 Å². The highest BCUT2D eigenvalue weighted by molar-refractivity contribution is 5.77. The van der Waals surface area contributed by atoms with Crippen molar-refractivity contribution >= 4 is 41.7 Å². The molecule has 4 aliphatic rings. The molecular weight excluding hydrogens is 1050 g/mol. The van der Waals surface area contributed by atoms with Gasteiger partial charge in [-0.05, 0) is 150 Å². The predicted molar refractivity (Wildman–Crippen MR) is 317 cm³/mol. The minimum Gasteiger partial charge on any atom is -0.481 e. The highest BCUT2D eigenvalue weighted by Crippen LogP contribution is 2.35. The zero-order valence-electron chi connectivity index (χ0n) is 49.3. The summed E-state index contributed by atoms with van der Waals surface area (Å²) in [6.07, 6.45) is 17.1. The van der Waals surface area contributed by atoms with E-state index < -0.39 is 11.6 Å². The van der Waals surface area contributed by atoms with Crippen LogP contribution in [0.1, 0.15) is 178 Å². The van der Waals surface area contributed by atoms with Gasteiger partial charge in [-0.25, -0.2) is 0 Å². The lowest BCUT2D eigenvalue weighted by Crippen LogP contribution is -2.29. The van der Waals surface area contributed by atoms with Gasteiger partial charge in [0, 0.05) is 44.1 Å². The molecule has 4 aromatic rings. The lowest BCUT2D eigenvalue weighted by atomic mass is 9.78. The first-order chi connectivity index (χ1) is 39.8. The molecule has 15 heteroatoms. The number of primary amides is 1. The Balaban J connectivity index is 0.000000204. The van der Waals surface area contributed by atoms with Crippen molar-refractivity contribution < 1.29 is 62.4 Å². The van der Waals surface area contributed by atoms with Gasteiger partial charge in [0.05, 0.1) is 5.92 Å². The zero-order chi connectivity index (χ0) is 59.8. The van der Waals surface area contributed by atoms with Crippen LogP contribution in [0.15, 0.2) is 121 Å². The summed E-state index contributed by atoms with van der Waals surface area (Å²) in [5, 5.41) is 9.03. The third-order valence-corrected chi connectivity index (χ3v) is 15.7. The first kappa shape index (κ1) is 66.9. The molecule has 4 fully saturated rings. The number of carbonyl (C=O) groups excluding carboxylic acids is 6. The number of aliphatic carboxylic acids is 1. The molecule has 4 saturated carbocycles. The molecule has 8 rings (SSSR count). The van der Waals surface area contributed by atoms with Crippen LogP contribution >= 0.6 is 0 Å². The lowest BCUT2D eigenvalue weighted by Gasteiger charge is -2.29. The zero-order valence-corrected chi connectivity index (χ0v) is 49.3. The fourth-order valence-electron chi connectivity index (χ4n) is 11.5. The Kier molecular flexibility index (Phi) is 29.6. The molecule has 83 heavy (non-hydrogen) atoms. The predicted octanol–water partition coefficient (Wildman–Crippen LogP) is 12.7. The molecule has 0 radical (unpaired) electrons. The molecule has 0 aliphatic heterocycles. The van der Waals surface area contributed by atoms with Crippen molar-refractivity contribution in [2.45, 2.75) is 194 Å². The normalized spacial score (nSPS) is 22.1. The van der Waals surface area contributed by atoms with Crippen molar-refractivity contribution in [1.82, 2.24) is 0 Å². The second-order valence-corrected chi connectivity index (χ2v) is 24.1. The monoisotopic (exact) mass is 1140 g/mol. The molecule has 8 atom stereocenters. The number of nitrogens with two attached hydrogens (primary N) is 2. The van der Waals surface area contributed by atoms with Gasteiger partial charge < -0.3 is 40.3 Å². The highest BCUT2D eigenvalue weighted by atomic mass is 16.6. The summed E-state index contributed by atoms with van der Waals surface area (Å²) < 4.78 is 26.6. The molecule has 5 N–H and O–H groups in total. The van der Waals surface area contributed by atoms with Crippen LogP contribution in [0.5, 0.6) is 0 Å². The van der Waals surface area contributed by atoms with Gasteiger partial charge in [-0.15, -0.1) is 0 Å². The number of carbonyl (C=O) groups is 7. The van der Waals surface area contributed by atoms with Gasteiger partial charge in [0.1, 0.15) is 32.0 Å². The van der Waals surface area contributed by atoms with Crippen LogP contribution in [0.3, 0.4) is 0 Å². The molecule has 0 aromatic heterocycles. The molecule has 0 saturated heterocycles. The maximum absolute atomic E-state index is 12.1. The average molecular weight is 1150 g/mol. The van der Waals surface area contributed by atoms with Gasteiger partial charge in [-0.3, -0.25) is 33.6 Å². The summed E-state index contributed by atoms with van der Waals surface area (Å²) in [6, 6.07) is 38.9. The van der Waals surface area contributed by atoms with Gasteiger partial charge in [-0.1, -0.05) is 147 Å². The summed E-state index contributed by atoms with van der Waals surface area (Å²) in [5.41, 5.74) is 14.8. The molecule has 4 aliphatic carbocycles. The first-order valence-corrected chi connectivity index (χ1v) is 30.1. The number of hydrogen-bond donors (Lipinski definition) is 3. The largest absolute Gasteiger partial charge is 0.481 e. The molecule has 0 unspecified atom stereocenters. The van der Waals surface area contributed by atoms with Crippen molar-refractivity contribution in [3.8, 4) is 0 Å². The van der Waals surface area contributed by atoms with Crippen LogP contribution in [-0.2, 0) is 83.7 Å². The Bertz CT molecular complexity index is 2470. The molecule has 15 nitrogen and oxygen atoms in total. The van der Waals surface area contributed by atoms with E-state index in [0.29, 0.717) is 76.1 Å². The van der Waals surface area contributed by atoms with Crippen molar-refractivity contribution in [2.75, 3.05) is 0 Å². The van der Waals surface area contributed by atoms with Crippen LogP contribution in [0.2, 0.25) is 0 Å². The maximum atomic E-state index is 12.1. The fourth-order valence-corrected chi connectivity index (χ4v) is 11.5. The Morgan fingerprint density at radius 1 is 0.410 bits per heavy atom. The molecule has 0 heterocycles. The van der Waals surface area contributed by atoms with Crippen LogP contribution < -0.4 is 11.5 Å². The minimum absolute atomic E-state index is 0.0735. The Morgan fingerprint density at radius 2 is 0.699 bits per heavy atom. The summed E-state index contributed by atoms with van der Waals surface area (Å²) in [7, 11) is 0. The molecule has 1 amide bonds. The molecule has 452 valence electrons. The second-order valence-electron chi connectivity index (χ2n) is 24.1. The van der Waals surface area contributed by atoms with Gasteiger partial charge in [0.2, 0.25) is 5.91 Å². The van der Waals surface area contributed by atoms with Crippen LogP contribution in [-0.4, -0.2) is 58.5 Å². The van der Waals surface area contributed by atoms with Crippen LogP contribution in [0.4, 0.5) is 0 Å². The van der Waals surface area contributed by atoms with Gasteiger partial charge in [0.25, 0.3) is 0 Å². The minimum atomic E-state index is -0.743. The van der Waals surface area contributed by atoms with Gasteiger partial charge in [-0.2, -0.15) is 0 Å². The van der Waals surface area contributed by atoms with Crippen LogP contribution in [0.25, 0.3) is 0 Å². The summed E-state index contributed by atoms with van der Waals surface area (Å²) >= 11 is 0. The number of carboxylic acids is 1. The SMILES string of the molecule is CC(C)(C)OC(=O)C[C@@H]1CCC[C@H](CC(=O)OCc2ccccc2)C1.NC(=O)[C@@H]1CCC[C@H](CC(=O)OCc2ccccc2)C1.N[C@@H]1CCC[C@H](CC(=O)OCc2ccccc2)C1.O=C(C[C@H]1CCC[C@@H](C(=O)O)C1)OCc1ccccc1. The van der Waals surface area contributed by atoms with E-state index in [2.05, 4.69) is 0 Å². The van der Waals surface area contributed by atoms with E-state index in [1.165, 1.54) is 0 Å². The van der Waals surface area contributed by atoms with Crippen molar-refractivity contribution in [3.63, 3.8) is 0 Å². The average Bonchev–Trinajstić information content (AvgIpc) is 3.47. The topological polar surface area (TPSA) is 238 Å². The Hall–Kier alpha value is -6.87. The Morgan fingerprint density at radius 3 is 1.02 bits per heavy atom. The Labute approximate surface area is 492 Å². The summed E-state index contributed by atoms with van der Waals surface area (Å²) in [4.78, 5) is 81.6. The number of ether oxygens (including phenoxy) is 5. The number of amides is 1. The smallest absolute Gasteiger partial charge is 0.306 e. The van der Waals surface area contributed by atoms with Crippen molar-refractivity contribution in [1.29, 1.82) is 0 Å². The lowest BCUT2D eigenvalue weighted by molar-refractivity contribution is -0.156. The summed E-state index contributed by atoms with van der Waals surface area (Å²) in [5.74, 6) is -0.746. The van der Waals surface area contributed by atoms with E-state index >= 15 is 0 Å². The van der Waals surface area contributed by atoms with E-state index in [0.717, 1.165) is 119 Å². The third kappa shape index (κ3) is 28.8. The van der Waals surface area contributed by atoms with E-state index in [9.17, 15) is 33.6 Å². The molecular formula is C68H92N2O13. The van der Waals surface area contributed by atoms with E-state index in [1.807, 2.05) is 142 Å². The number of carboxylic acid groups (broad SMARTS) is 1. The fraction of sp³-hybridized carbons (Fsp3) is 0.544. The van der Waals surface area contributed by atoms with Crippen LogP contribution in [0, 0.1) is 41.4 Å². The number of rotatable bonds is 20. The first-order valence-electron chi connectivity index (χ1n) is 30.1. The van der Waals surface area contributed by atoms with E-state index in [-0.39, 0.29) is 72.1 Å². The van der Waals surface area contributed by atoms with E-state index in [4.69, 9.17) is 40.3 Å². The molecule has 4 aromatic carbocycles. The summed E-state index contributed by atoms with van der Waals surface area (Å²) in [6.45, 7) is 6.96. The maximum Gasteiger partial charge on any atom is 0.306 e. The molecule has 0 bridgehead atoms. The third-order valence-electron chi connectivity index (χ3n) is 15.7. The van der Waals surface area contributed by atoms with Crippen molar-refractivity contribution in [3.05, 3.63) is 144 Å². The number of benzene rings is 4. The number of esters is 5. The number of hydrogen-bond acceptors (Lipinski definition) is 13. The second kappa shape index (κ2) is 36.7. The van der Waals surface area contributed by atoms with Gasteiger partial charge in [0.15, 0.2) is 0 Å². The quantitative estimate of drug-likeness (QED) is 0.0551. The molecule has 0 spiro atoms. The highest BCUT2D eigenvalue weighted by Gasteiger charge is 2.31. The van der Waals surface area contributed by atoms with E-state index in [1.54, 1.807) is 0 Å².